The maximum absolute atomic E-state index is 13.3. The van der Waals surface area contributed by atoms with E-state index in [4.69, 9.17) is 0 Å². The summed E-state index contributed by atoms with van der Waals surface area (Å²) >= 11 is 0. The van der Waals surface area contributed by atoms with Gasteiger partial charge in [0.1, 0.15) is 5.82 Å². The monoisotopic (exact) mass is 291 g/mol. The molecule has 6 heteroatoms. The second-order valence-electron chi connectivity index (χ2n) is 4.93. The highest BCUT2D eigenvalue weighted by Gasteiger charge is 2.22. The van der Waals surface area contributed by atoms with Gasteiger partial charge >= 0.3 is 11.8 Å². The summed E-state index contributed by atoms with van der Waals surface area (Å²) in [5.74, 6) is -1.80. The van der Waals surface area contributed by atoms with Gasteiger partial charge in [0.2, 0.25) is 0 Å². The highest BCUT2D eigenvalue weighted by atomic mass is 19.1. The highest BCUT2D eigenvalue weighted by molar-refractivity contribution is 6.35. The van der Waals surface area contributed by atoms with E-state index in [2.05, 4.69) is 10.5 Å². The molecule has 0 spiro atoms. The molecular weight excluding hydrogens is 273 g/mol. The lowest BCUT2D eigenvalue weighted by Crippen LogP contribution is -2.41. The fraction of sp³-hybridized carbons (Fsp3) is 0.400. The molecule has 21 heavy (non-hydrogen) atoms. The minimum absolute atomic E-state index is 0.250. The van der Waals surface area contributed by atoms with Gasteiger partial charge in [0.15, 0.2) is 0 Å². The van der Waals surface area contributed by atoms with Crippen molar-refractivity contribution < 1.29 is 14.0 Å². The van der Waals surface area contributed by atoms with Gasteiger partial charge in [0.05, 0.1) is 6.21 Å². The summed E-state index contributed by atoms with van der Waals surface area (Å²) in [6.45, 7) is 1.20. The first kappa shape index (κ1) is 15.2. The van der Waals surface area contributed by atoms with Crippen LogP contribution in [0.2, 0.25) is 0 Å². The fourth-order valence-electron chi connectivity index (χ4n) is 2.21. The van der Waals surface area contributed by atoms with Crippen LogP contribution in [-0.4, -0.2) is 36.0 Å². The Labute approximate surface area is 122 Å². The summed E-state index contributed by atoms with van der Waals surface area (Å²) in [5.41, 5.74) is 2.40. The zero-order valence-corrected chi connectivity index (χ0v) is 11.7. The molecule has 112 valence electrons. The molecule has 5 nitrogen and oxygen atoms in total. The number of likely N-dealkylation sites (tertiary alicyclic amines) is 1. The zero-order chi connectivity index (χ0) is 15.1. The quantitative estimate of drug-likeness (QED) is 0.512. The van der Waals surface area contributed by atoms with Crippen molar-refractivity contribution in [3.05, 3.63) is 35.6 Å². The molecular formula is C15H18FN3O2. The first-order valence-electron chi connectivity index (χ1n) is 7.05. The molecule has 0 saturated carbocycles. The SMILES string of the molecule is O=C(N/N=C\c1ccccc1F)C(=O)N1CCCCCC1. The lowest BCUT2D eigenvalue weighted by atomic mass is 10.2. The summed E-state index contributed by atoms with van der Waals surface area (Å²) in [5, 5.41) is 3.63. The number of halogens is 1. The molecule has 0 atom stereocenters. The Hall–Kier alpha value is -2.24. The number of nitrogens with one attached hydrogen (secondary N) is 1. The van der Waals surface area contributed by atoms with Crippen molar-refractivity contribution in [2.45, 2.75) is 25.7 Å². The minimum atomic E-state index is -0.788. The molecule has 2 rings (SSSR count). The summed E-state index contributed by atoms with van der Waals surface area (Å²) in [7, 11) is 0. The van der Waals surface area contributed by atoms with Crippen LogP contribution < -0.4 is 5.43 Å². The van der Waals surface area contributed by atoms with Crippen LogP contribution in [0.5, 0.6) is 0 Å². The highest BCUT2D eigenvalue weighted by Crippen LogP contribution is 2.09. The summed E-state index contributed by atoms with van der Waals surface area (Å²) in [6.07, 6.45) is 5.17. The first-order chi connectivity index (χ1) is 10.2. The van der Waals surface area contributed by atoms with E-state index in [1.807, 2.05) is 0 Å². The number of carbonyl (C=O) groups excluding carboxylic acids is 2. The van der Waals surface area contributed by atoms with E-state index in [-0.39, 0.29) is 5.56 Å². The van der Waals surface area contributed by atoms with Crippen molar-refractivity contribution in [1.29, 1.82) is 0 Å². The Morgan fingerprint density at radius 3 is 2.48 bits per heavy atom. The molecule has 2 amide bonds. The topological polar surface area (TPSA) is 61.8 Å². The van der Waals surface area contributed by atoms with Crippen molar-refractivity contribution in [3.8, 4) is 0 Å². The first-order valence-corrected chi connectivity index (χ1v) is 7.05. The summed E-state index contributed by atoms with van der Waals surface area (Å²) in [6, 6.07) is 6.05. The molecule has 1 aromatic carbocycles. The predicted octanol–water partition coefficient (Wildman–Crippen LogP) is 1.68. The van der Waals surface area contributed by atoms with E-state index >= 15 is 0 Å². The van der Waals surface area contributed by atoms with Crippen LogP contribution in [0.1, 0.15) is 31.2 Å². The van der Waals surface area contributed by atoms with E-state index in [1.165, 1.54) is 18.3 Å². The number of benzene rings is 1. The number of nitrogens with zero attached hydrogens (tertiary/aromatic N) is 2. The lowest BCUT2D eigenvalue weighted by Gasteiger charge is -2.18. The minimum Gasteiger partial charge on any atom is -0.334 e. The third kappa shape index (κ3) is 4.37. The number of amides is 2. The second-order valence-corrected chi connectivity index (χ2v) is 4.93. The normalized spacial score (nSPS) is 15.8. The van der Waals surface area contributed by atoms with Gasteiger partial charge in [0.25, 0.3) is 0 Å². The lowest BCUT2D eigenvalue weighted by molar-refractivity contribution is -0.145. The van der Waals surface area contributed by atoms with Gasteiger partial charge in [-0.15, -0.1) is 0 Å². The van der Waals surface area contributed by atoms with E-state index in [9.17, 15) is 14.0 Å². The van der Waals surface area contributed by atoms with Crippen molar-refractivity contribution in [2.75, 3.05) is 13.1 Å². The standard InChI is InChI=1S/C15H18FN3O2/c16-13-8-4-3-7-12(13)11-17-18-14(20)15(21)19-9-5-1-2-6-10-19/h3-4,7-8,11H,1-2,5-6,9-10H2,(H,18,20)/b17-11-. The van der Waals surface area contributed by atoms with Crippen molar-refractivity contribution in [2.24, 2.45) is 5.10 Å². The van der Waals surface area contributed by atoms with Crippen LogP contribution in [0.15, 0.2) is 29.4 Å². The summed E-state index contributed by atoms with van der Waals surface area (Å²) < 4.78 is 13.3. The van der Waals surface area contributed by atoms with Crippen molar-refractivity contribution in [1.82, 2.24) is 10.3 Å². The molecule has 0 unspecified atom stereocenters. The number of hydrogen-bond donors (Lipinski definition) is 1. The maximum atomic E-state index is 13.3. The van der Waals surface area contributed by atoms with Crippen LogP contribution >= 0.6 is 0 Å². The molecule has 1 aliphatic heterocycles. The summed E-state index contributed by atoms with van der Waals surface area (Å²) in [4.78, 5) is 25.2. The van der Waals surface area contributed by atoms with Gasteiger partial charge in [0, 0.05) is 18.7 Å². The zero-order valence-electron chi connectivity index (χ0n) is 11.7. The third-order valence-electron chi connectivity index (χ3n) is 3.36. The third-order valence-corrected chi connectivity index (χ3v) is 3.36. The molecule has 1 aromatic rings. The van der Waals surface area contributed by atoms with Gasteiger partial charge in [-0.1, -0.05) is 31.0 Å². The van der Waals surface area contributed by atoms with Crippen LogP contribution in [0, 0.1) is 5.82 Å². The number of hydrazone groups is 1. The van der Waals surface area contributed by atoms with Gasteiger partial charge in [-0.2, -0.15) is 5.10 Å². The van der Waals surface area contributed by atoms with E-state index < -0.39 is 17.6 Å². The van der Waals surface area contributed by atoms with E-state index in [0.29, 0.717) is 13.1 Å². The van der Waals surface area contributed by atoms with Crippen LogP contribution in [0.25, 0.3) is 0 Å². The molecule has 1 fully saturated rings. The fourth-order valence-corrected chi connectivity index (χ4v) is 2.21. The van der Waals surface area contributed by atoms with E-state index in [1.54, 1.807) is 17.0 Å². The largest absolute Gasteiger partial charge is 0.334 e. The molecule has 0 aliphatic carbocycles. The number of hydrogen-bond acceptors (Lipinski definition) is 3. The Morgan fingerprint density at radius 2 is 1.81 bits per heavy atom. The molecule has 1 aliphatic rings. The average Bonchev–Trinajstić information content (AvgIpc) is 2.77. The van der Waals surface area contributed by atoms with Crippen LogP contribution in [0.3, 0.4) is 0 Å². The molecule has 1 saturated heterocycles. The van der Waals surface area contributed by atoms with Crippen molar-refractivity contribution in [3.63, 3.8) is 0 Å². The molecule has 1 heterocycles. The smallest absolute Gasteiger partial charge is 0.329 e. The van der Waals surface area contributed by atoms with Gasteiger partial charge in [-0.3, -0.25) is 9.59 Å². The molecule has 0 radical (unpaired) electrons. The van der Waals surface area contributed by atoms with Crippen LogP contribution in [-0.2, 0) is 9.59 Å². The maximum Gasteiger partial charge on any atom is 0.329 e. The molecule has 0 aromatic heterocycles. The molecule has 0 bridgehead atoms. The van der Waals surface area contributed by atoms with Crippen molar-refractivity contribution >= 4 is 18.0 Å². The Kier molecular flexibility index (Phi) is 5.43. The number of carbonyl (C=O) groups is 2. The average molecular weight is 291 g/mol. The van der Waals surface area contributed by atoms with E-state index in [0.717, 1.165) is 25.7 Å². The second kappa shape index (κ2) is 7.52. The Balaban J connectivity index is 1.89. The van der Waals surface area contributed by atoms with Gasteiger partial charge < -0.3 is 4.90 Å². The van der Waals surface area contributed by atoms with Gasteiger partial charge in [-0.25, -0.2) is 9.82 Å². The van der Waals surface area contributed by atoms with Gasteiger partial charge in [-0.05, 0) is 18.9 Å². The molecule has 1 N–H and O–H groups in total. The Bertz CT molecular complexity index is 537. The Morgan fingerprint density at radius 1 is 1.14 bits per heavy atom. The number of rotatable bonds is 2. The predicted molar refractivity (Wildman–Crippen MR) is 77.2 cm³/mol. The van der Waals surface area contributed by atoms with Crippen LogP contribution in [0.4, 0.5) is 4.39 Å².